The molecule has 6 nitrogen and oxygen atoms in total. The van der Waals surface area contributed by atoms with Crippen LogP contribution in [0.15, 0.2) is 24.5 Å². The third kappa shape index (κ3) is 4.83. The number of likely N-dealkylation sites (tertiary alicyclic amines) is 1. The van der Waals surface area contributed by atoms with Crippen LogP contribution in [0.3, 0.4) is 0 Å². The highest BCUT2D eigenvalue weighted by molar-refractivity contribution is 5.80. The van der Waals surface area contributed by atoms with Gasteiger partial charge in [-0.25, -0.2) is 0 Å². The summed E-state index contributed by atoms with van der Waals surface area (Å²) < 4.78 is 6.85. The number of amides is 1. The van der Waals surface area contributed by atoms with Gasteiger partial charge >= 0.3 is 0 Å². The normalized spacial score (nSPS) is 19.8. The number of nitrogens with zero attached hydrogens (tertiary/aromatic N) is 2. The van der Waals surface area contributed by atoms with Gasteiger partial charge in [-0.1, -0.05) is 0 Å². The maximum atomic E-state index is 12.3. The number of β-amino-alcohol motifs (C(OH)–C–C–N with tert-alkyl or cyclic N) is 1. The van der Waals surface area contributed by atoms with Crippen molar-refractivity contribution in [2.24, 2.45) is 0 Å². The predicted molar refractivity (Wildman–Crippen MR) is 84.6 cm³/mol. The van der Waals surface area contributed by atoms with E-state index < -0.39 is 6.10 Å². The summed E-state index contributed by atoms with van der Waals surface area (Å²) in [4.78, 5) is 14.5. The molecule has 1 aromatic rings. The third-order valence-electron chi connectivity index (χ3n) is 4.22. The first-order valence-electron chi connectivity index (χ1n) is 7.92. The van der Waals surface area contributed by atoms with Gasteiger partial charge in [0.25, 0.3) is 0 Å². The molecule has 1 amide bonds. The number of piperidine rings is 1. The molecule has 0 aromatic carbocycles. The summed E-state index contributed by atoms with van der Waals surface area (Å²) in [5, 5.41) is 12.9. The molecule has 2 N–H and O–H groups in total. The van der Waals surface area contributed by atoms with Crippen molar-refractivity contribution in [1.82, 2.24) is 14.8 Å². The van der Waals surface area contributed by atoms with Gasteiger partial charge in [-0.05, 0) is 31.9 Å². The van der Waals surface area contributed by atoms with Crippen molar-refractivity contribution in [3.63, 3.8) is 0 Å². The second-order valence-electron chi connectivity index (χ2n) is 6.00. The number of aliphatic hydroxyl groups excluding tert-OH is 1. The highest BCUT2D eigenvalue weighted by Gasteiger charge is 2.24. The highest BCUT2D eigenvalue weighted by atomic mass is 16.5. The van der Waals surface area contributed by atoms with Gasteiger partial charge in [-0.15, -0.1) is 0 Å². The van der Waals surface area contributed by atoms with E-state index in [9.17, 15) is 9.90 Å². The number of aromatic nitrogens is 1. The van der Waals surface area contributed by atoms with Crippen molar-refractivity contribution in [3.8, 4) is 0 Å². The van der Waals surface area contributed by atoms with Crippen LogP contribution >= 0.6 is 0 Å². The number of nitrogens with one attached hydrogen (secondary N) is 1. The topological polar surface area (TPSA) is 66.7 Å². The highest BCUT2D eigenvalue weighted by Crippen LogP contribution is 2.13. The van der Waals surface area contributed by atoms with Crippen LogP contribution in [-0.2, 0) is 9.53 Å². The summed E-state index contributed by atoms with van der Waals surface area (Å²) >= 11 is 0. The average molecular weight is 309 g/mol. The minimum Gasteiger partial charge on any atom is -0.389 e. The van der Waals surface area contributed by atoms with E-state index >= 15 is 0 Å². The summed E-state index contributed by atoms with van der Waals surface area (Å²) in [5.41, 5.74) is 0. The van der Waals surface area contributed by atoms with Crippen LogP contribution in [-0.4, -0.2) is 66.0 Å². The Labute approximate surface area is 132 Å². The van der Waals surface area contributed by atoms with E-state index in [0.717, 1.165) is 25.9 Å². The Kier molecular flexibility index (Phi) is 6.42. The lowest BCUT2D eigenvalue weighted by atomic mass is 10.0. The molecule has 1 aromatic heterocycles. The Bertz CT molecular complexity index is 441. The maximum absolute atomic E-state index is 12.3. The second-order valence-corrected chi connectivity index (χ2v) is 6.00. The number of carbonyl (C=O) groups is 1. The number of hydrogen-bond acceptors (Lipinski definition) is 4. The molecule has 0 aliphatic carbocycles. The Hall–Kier alpha value is -1.37. The average Bonchev–Trinajstić information content (AvgIpc) is 3.03. The lowest BCUT2D eigenvalue weighted by molar-refractivity contribution is -0.124. The number of ether oxygens (including phenoxy) is 1. The molecule has 2 rings (SSSR count). The van der Waals surface area contributed by atoms with Gasteiger partial charge in [0.1, 0.15) is 6.04 Å². The van der Waals surface area contributed by atoms with E-state index in [1.807, 2.05) is 36.0 Å². The van der Waals surface area contributed by atoms with Crippen molar-refractivity contribution in [2.75, 3.05) is 33.4 Å². The van der Waals surface area contributed by atoms with Gasteiger partial charge in [-0.2, -0.15) is 0 Å². The minimum absolute atomic E-state index is 0.0640. The molecule has 6 heteroatoms. The molecule has 1 aliphatic rings. The first kappa shape index (κ1) is 17.0. The zero-order valence-corrected chi connectivity index (χ0v) is 13.4. The molecular weight excluding hydrogens is 282 g/mol. The van der Waals surface area contributed by atoms with Crippen molar-refractivity contribution >= 4 is 5.91 Å². The Morgan fingerprint density at radius 3 is 2.59 bits per heavy atom. The lowest BCUT2D eigenvalue weighted by Gasteiger charge is -2.33. The smallest absolute Gasteiger partial charge is 0.242 e. The second kappa shape index (κ2) is 8.31. The van der Waals surface area contributed by atoms with E-state index in [1.165, 1.54) is 0 Å². The molecule has 1 aliphatic heterocycles. The Morgan fingerprint density at radius 1 is 1.36 bits per heavy atom. The first-order valence-corrected chi connectivity index (χ1v) is 7.92. The molecule has 2 unspecified atom stereocenters. The quantitative estimate of drug-likeness (QED) is 0.775. The van der Waals surface area contributed by atoms with Crippen LogP contribution in [0.25, 0.3) is 0 Å². The molecule has 2 atom stereocenters. The van der Waals surface area contributed by atoms with E-state index in [4.69, 9.17) is 4.74 Å². The van der Waals surface area contributed by atoms with E-state index in [1.54, 1.807) is 7.11 Å². The minimum atomic E-state index is -0.440. The van der Waals surface area contributed by atoms with Gasteiger partial charge in [0.05, 0.1) is 12.7 Å². The fourth-order valence-electron chi connectivity index (χ4n) is 2.87. The van der Waals surface area contributed by atoms with E-state index in [-0.39, 0.29) is 18.0 Å². The molecule has 0 radical (unpaired) electrons. The number of aliphatic hydroxyl groups is 1. The summed E-state index contributed by atoms with van der Waals surface area (Å²) in [6.07, 6.45) is 5.21. The Balaban J connectivity index is 1.72. The van der Waals surface area contributed by atoms with Crippen LogP contribution in [0.4, 0.5) is 0 Å². The molecular formula is C16H27N3O3. The van der Waals surface area contributed by atoms with Crippen molar-refractivity contribution in [3.05, 3.63) is 24.5 Å². The summed E-state index contributed by atoms with van der Waals surface area (Å²) in [7, 11) is 1.59. The summed E-state index contributed by atoms with van der Waals surface area (Å²) in [6, 6.07) is 3.89. The number of carbonyl (C=O) groups excluding carboxylic acids is 1. The standard InChI is InChI=1S/C16H27N3O3/c1-13(19-7-3-4-8-19)16(21)17-14-5-9-18(10-6-14)11-15(20)12-22-2/h3-4,7-8,13-15,20H,5-6,9-12H2,1-2H3,(H,17,21). The molecule has 0 bridgehead atoms. The van der Waals surface area contributed by atoms with Crippen LogP contribution in [0.2, 0.25) is 0 Å². The van der Waals surface area contributed by atoms with E-state index in [2.05, 4.69) is 10.2 Å². The van der Waals surface area contributed by atoms with E-state index in [0.29, 0.717) is 13.2 Å². The fraction of sp³-hybridized carbons (Fsp3) is 0.688. The fourth-order valence-corrected chi connectivity index (χ4v) is 2.87. The molecule has 1 fully saturated rings. The summed E-state index contributed by atoms with van der Waals surface area (Å²) in [6.45, 7) is 4.69. The van der Waals surface area contributed by atoms with Crippen LogP contribution in [0.1, 0.15) is 25.8 Å². The van der Waals surface area contributed by atoms with Crippen molar-refractivity contribution < 1.29 is 14.6 Å². The zero-order chi connectivity index (χ0) is 15.9. The van der Waals surface area contributed by atoms with Gasteiger partial charge < -0.3 is 24.6 Å². The van der Waals surface area contributed by atoms with Crippen molar-refractivity contribution in [2.45, 2.75) is 38.0 Å². The molecule has 0 saturated carbocycles. The number of methoxy groups -OCH3 is 1. The van der Waals surface area contributed by atoms with Crippen LogP contribution < -0.4 is 5.32 Å². The largest absolute Gasteiger partial charge is 0.389 e. The van der Waals surface area contributed by atoms with Crippen LogP contribution in [0, 0.1) is 0 Å². The van der Waals surface area contributed by atoms with Gasteiger partial charge in [0, 0.05) is 45.2 Å². The monoisotopic (exact) mass is 309 g/mol. The number of rotatable bonds is 7. The predicted octanol–water partition coefficient (Wildman–Crippen LogP) is 0.637. The Morgan fingerprint density at radius 2 is 2.00 bits per heavy atom. The van der Waals surface area contributed by atoms with Crippen LogP contribution in [0.5, 0.6) is 0 Å². The SMILES string of the molecule is COCC(O)CN1CCC(NC(=O)C(C)n2cccc2)CC1. The zero-order valence-electron chi connectivity index (χ0n) is 13.4. The number of hydrogen-bond donors (Lipinski definition) is 2. The molecule has 2 heterocycles. The van der Waals surface area contributed by atoms with Gasteiger partial charge in [-0.3, -0.25) is 4.79 Å². The molecule has 22 heavy (non-hydrogen) atoms. The summed E-state index contributed by atoms with van der Waals surface area (Å²) in [5.74, 6) is 0.0640. The first-order chi connectivity index (χ1) is 10.6. The maximum Gasteiger partial charge on any atom is 0.242 e. The van der Waals surface area contributed by atoms with Gasteiger partial charge in [0.2, 0.25) is 5.91 Å². The lowest BCUT2D eigenvalue weighted by Crippen LogP contribution is -2.48. The van der Waals surface area contributed by atoms with Crippen molar-refractivity contribution in [1.29, 1.82) is 0 Å². The molecule has 124 valence electrons. The molecule has 0 spiro atoms. The van der Waals surface area contributed by atoms with Gasteiger partial charge in [0.15, 0.2) is 0 Å². The third-order valence-corrected chi connectivity index (χ3v) is 4.22. The molecule has 1 saturated heterocycles.